The predicted molar refractivity (Wildman–Crippen MR) is 139 cm³/mol. The molecular weight excluding hydrogens is 444 g/mol. The third kappa shape index (κ3) is 8.09. The Morgan fingerprint density at radius 1 is 1.03 bits per heavy atom. The molecule has 3 amide bonds. The summed E-state index contributed by atoms with van der Waals surface area (Å²) < 4.78 is 6.29. The highest BCUT2D eigenvalue weighted by Crippen LogP contribution is 2.21. The lowest BCUT2D eigenvalue weighted by Gasteiger charge is -2.34. The van der Waals surface area contributed by atoms with E-state index in [9.17, 15) is 14.4 Å². The first-order valence-corrected chi connectivity index (χ1v) is 12.4. The normalized spacial score (nSPS) is 23.0. The lowest BCUT2D eigenvalue weighted by molar-refractivity contribution is -0.136. The molecule has 0 radical (unpaired) electrons. The van der Waals surface area contributed by atoms with Crippen molar-refractivity contribution in [1.29, 1.82) is 0 Å². The van der Waals surface area contributed by atoms with Gasteiger partial charge in [0.25, 0.3) is 0 Å². The van der Waals surface area contributed by atoms with Crippen LogP contribution in [0.3, 0.4) is 0 Å². The van der Waals surface area contributed by atoms with Crippen LogP contribution in [-0.4, -0.2) is 60.9 Å². The summed E-state index contributed by atoms with van der Waals surface area (Å²) in [7, 11) is 3.68. The Morgan fingerprint density at radius 3 is 2.17 bits per heavy atom. The van der Waals surface area contributed by atoms with Crippen molar-refractivity contribution in [1.82, 2.24) is 20.9 Å². The maximum atomic E-state index is 13.7. The first-order chi connectivity index (χ1) is 16.4. The van der Waals surface area contributed by atoms with Crippen LogP contribution >= 0.6 is 0 Å². The molecule has 2 bridgehead atoms. The maximum Gasteiger partial charge on any atom is 0.247 e. The van der Waals surface area contributed by atoms with Crippen LogP contribution in [0.1, 0.15) is 53.5 Å². The van der Waals surface area contributed by atoms with Gasteiger partial charge in [-0.05, 0) is 62.0 Å². The number of fused-ring (bicyclic) bond motifs is 10. The van der Waals surface area contributed by atoms with Crippen molar-refractivity contribution >= 4 is 23.8 Å². The number of rotatable bonds is 7. The smallest absolute Gasteiger partial charge is 0.247 e. The molecule has 0 unspecified atom stereocenters. The van der Waals surface area contributed by atoms with Crippen LogP contribution in [0.4, 0.5) is 0 Å². The van der Waals surface area contributed by atoms with Gasteiger partial charge in [0.2, 0.25) is 17.7 Å². The fraction of sp³-hybridized carbons (Fsp3) is 0.593. The lowest BCUT2D eigenvalue weighted by Crippen LogP contribution is -2.62. The van der Waals surface area contributed by atoms with Crippen LogP contribution in [-0.2, 0) is 14.4 Å². The van der Waals surface area contributed by atoms with Crippen molar-refractivity contribution in [3.05, 3.63) is 36.0 Å². The number of nitrogens with one attached hydrogen (secondary N) is 3. The minimum atomic E-state index is -0.996. The molecular formula is C27H42N4O4. The Morgan fingerprint density at radius 2 is 1.66 bits per heavy atom. The zero-order valence-corrected chi connectivity index (χ0v) is 22.3. The largest absolute Gasteiger partial charge is 0.487 e. The number of likely N-dealkylation sites (N-methyl/N-ethyl adjacent to an activating group) is 1. The Hall–Kier alpha value is -2.87. The zero-order valence-electron chi connectivity index (χ0n) is 22.3. The summed E-state index contributed by atoms with van der Waals surface area (Å²) in [5, 5.41) is 8.62. The van der Waals surface area contributed by atoms with E-state index in [1.165, 1.54) is 0 Å². The van der Waals surface area contributed by atoms with Crippen LogP contribution in [0.25, 0.3) is 6.08 Å². The first kappa shape index (κ1) is 28.4. The molecule has 2 heterocycles. The van der Waals surface area contributed by atoms with Crippen molar-refractivity contribution in [2.75, 3.05) is 14.1 Å². The van der Waals surface area contributed by atoms with E-state index in [0.717, 1.165) is 5.56 Å². The fourth-order valence-corrected chi connectivity index (χ4v) is 4.36. The number of hydrogen-bond donors (Lipinski definition) is 3. The average molecular weight is 487 g/mol. The molecule has 8 heteroatoms. The topological polar surface area (TPSA) is 99.8 Å². The standard InChI is InChI=1S/C27H42N4O4/c1-16(2)15-21-25(32)28-14-13-19-9-11-20(12-10-19)35-24(18(5)6)22(26(33)29-21)30-27(34)23(17(3)4)31(7)8/h9-14,16-18,21-24H,15H2,1-8H3,(H,28,32)(H,29,33)(H,30,34)/b14-13-/t21-,22-,23-,24-/m0/s1. The van der Waals surface area contributed by atoms with Crippen molar-refractivity contribution < 1.29 is 19.1 Å². The molecule has 1 aromatic carbocycles. The summed E-state index contributed by atoms with van der Waals surface area (Å²) in [5.74, 6) is -0.319. The number of carbonyl (C=O) groups is 3. The highest BCUT2D eigenvalue weighted by atomic mass is 16.5. The molecule has 35 heavy (non-hydrogen) atoms. The number of nitrogens with zero attached hydrogens (tertiary/aromatic N) is 1. The predicted octanol–water partition coefficient (Wildman–Crippen LogP) is 2.79. The number of carbonyl (C=O) groups excluding carboxylic acids is 3. The second-order valence-corrected chi connectivity index (χ2v) is 10.6. The Labute approximate surface area is 209 Å². The first-order valence-electron chi connectivity index (χ1n) is 12.4. The SMILES string of the molecule is CC(C)C[C@@H]1NC(=O)[C@@H](NC(=O)[C@H](C(C)C)N(C)C)[C@H](C(C)C)Oc2ccc(cc2)/C=C\NC1=O. The highest BCUT2D eigenvalue weighted by molar-refractivity contribution is 5.94. The molecule has 8 nitrogen and oxygen atoms in total. The van der Waals surface area contributed by atoms with Gasteiger partial charge in [-0.15, -0.1) is 0 Å². The molecule has 4 atom stereocenters. The second kappa shape index (κ2) is 12.7. The third-order valence-electron chi connectivity index (χ3n) is 6.02. The van der Waals surface area contributed by atoms with Crippen molar-refractivity contribution in [3.63, 3.8) is 0 Å². The molecule has 0 fully saturated rings. The molecule has 2 aliphatic heterocycles. The Bertz CT molecular complexity index is 885. The summed E-state index contributed by atoms with van der Waals surface area (Å²) >= 11 is 0. The molecule has 194 valence electrons. The van der Waals surface area contributed by atoms with Gasteiger partial charge >= 0.3 is 0 Å². The van der Waals surface area contributed by atoms with E-state index in [1.54, 1.807) is 12.3 Å². The van der Waals surface area contributed by atoms with Gasteiger partial charge in [-0.3, -0.25) is 19.3 Å². The maximum absolute atomic E-state index is 13.7. The number of hydrogen-bond acceptors (Lipinski definition) is 5. The quantitative estimate of drug-likeness (QED) is 0.550. The third-order valence-corrected chi connectivity index (χ3v) is 6.02. The Kier molecular flexibility index (Phi) is 10.3. The highest BCUT2D eigenvalue weighted by Gasteiger charge is 2.38. The van der Waals surface area contributed by atoms with E-state index >= 15 is 0 Å². The van der Waals surface area contributed by atoms with E-state index in [4.69, 9.17) is 4.74 Å². The van der Waals surface area contributed by atoms with E-state index in [-0.39, 0.29) is 29.6 Å². The van der Waals surface area contributed by atoms with Gasteiger partial charge in [0.1, 0.15) is 23.9 Å². The van der Waals surface area contributed by atoms with Crippen LogP contribution in [0.2, 0.25) is 0 Å². The zero-order chi connectivity index (χ0) is 26.3. The molecule has 0 spiro atoms. The summed E-state index contributed by atoms with van der Waals surface area (Å²) in [6, 6.07) is 5.21. The minimum Gasteiger partial charge on any atom is -0.487 e. The van der Waals surface area contributed by atoms with E-state index in [2.05, 4.69) is 16.0 Å². The average Bonchev–Trinajstić information content (AvgIpc) is 2.75. The van der Waals surface area contributed by atoms with E-state index < -0.39 is 30.1 Å². The molecule has 2 aliphatic rings. The van der Waals surface area contributed by atoms with E-state index in [0.29, 0.717) is 12.2 Å². The second-order valence-electron chi connectivity index (χ2n) is 10.6. The van der Waals surface area contributed by atoms with Crippen LogP contribution in [0.5, 0.6) is 5.75 Å². The molecule has 0 aromatic heterocycles. The molecule has 0 saturated heterocycles. The van der Waals surface area contributed by atoms with Gasteiger partial charge in [-0.25, -0.2) is 0 Å². The lowest BCUT2D eigenvalue weighted by atomic mass is 9.95. The van der Waals surface area contributed by atoms with Gasteiger partial charge in [0.15, 0.2) is 0 Å². The number of ether oxygens (including phenoxy) is 1. The number of benzene rings is 1. The van der Waals surface area contributed by atoms with Gasteiger partial charge < -0.3 is 20.7 Å². The molecule has 0 saturated carbocycles. The molecule has 0 aliphatic carbocycles. The summed E-state index contributed by atoms with van der Waals surface area (Å²) in [4.78, 5) is 41.8. The monoisotopic (exact) mass is 486 g/mol. The Balaban J connectivity index is 2.52. The van der Waals surface area contributed by atoms with Crippen LogP contribution < -0.4 is 20.7 Å². The van der Waals surface area contributed by atoms with Gasteiger partial charge in [0, 0.05) is 6.20 Å². The van der Waals surface area contributed by atoms with Crippen LogP contribution in [0, 0.1) is 17.8 Å². The summed E-state index contributed by atoms with van der Waals surface area (Å²) in [6.07, 6.45) is 3.17. The van der Waals surface area contributed by atoms with Crippen molar-refractivity contribution in [2.45, 2.75) is 72.2 Å². The van der Waals surface area contributed by atoms with Gasteiger partial charge in [-0.1, -0.05) is 53.7 Å². The number of amides is 3. The molecule has 3 N–H and O–H groups in total. The minimum absolute atomic E-state index is 0.0313. The molecule has 1 aromatic rings. The van der Waals surface area contributed by atoms with Crippen molar-refractivity contribution in [3.8, 4) is 5.75 Å². The molecule has 3 rings (SSSR count). The fourth-order valence-electron chi connectivity index (χ4n) is 4.36. The van der Waals surface area contributed by atoms with E-state index in [1.807, 2.05) is 84.8 Å². The van der Waals surface area contributed by atoms with Gasteiger partial charge in [-0.2, -0.15) is 0 Å². The summed E-state index contributed by atoms with van der Waals surface area (Å²) in [6.45, 7) is 11.8. The van der Waals surface area contributed by atoms with Crippen molar-refractivity contribution in [2.24, 2.45) is 17.8 Å². The van der Waals surface area contributed by atoms with Gasteiger partial charge in [0.05, 0.1) is 6.04 Å². The summed E-state index contributed by atoms with van der Waals surface area (Å²) in [5.41, 5.74) is 0.899. The van der Waals surface area contributed by atoms with Crippen LogP contribution in [0.15, 0.2) is 30.5 Å².